The van der Waals surface area contributed by atoms with Crippen LogP contribution in [0.1, 0.15) is 23.4 Å². The van der Waals surface area contributed by atoms with Gasteiger partial charge in [-0.3, -0.25) is 9.67 Å². The van der Waals surface area contributed by atoms with Crippen LogP contribution < -0.4 is 0 Å². The van der Waals surface area contributed by atoms with Crippen LogP contribution in [0.2, 0.25) is 0 Å². The molecular weight excluding hydrogens is 458 g/mol. The average Bonchev–Trinajstić information content (AvgIpc) is 3.02. The van der Waals surface area contributed by atoms with Crippen LogP contribution in [0.5, 0.6) is 0 Å². The maximum absolute atomic E-state index is 5.93. The van der Waals surface area contributed by atoms with Gasteiger partial charge in [-0.2, -0.15) is 5.10 Å². The Balaban J connectivity index is 1.57. The molecule has 156 valence electrons. The quantitative estimate of drug-likeness (QED) is 0.201. The zero-order valence-electron chi connectivity index (χ0n) is 17.6. The van der Waals surface area contributed by atoms with Gasteiger partial charge in [-0.15, -0.1) is 0 Å². The number of aliphatic imine (C=N–C) groups is 1. The second kappa shape index (κ2) is 10.6. The Morgan fingerprint density at radius 2 is 1.83 bits per heavy atom. The van der Waals surface area contributed by atoms with Crippen molar-refractivity contribution in [3.63, 3.8) is 0 Å². The van der Waals surface area contributed by atoms with E-state index in [0.29, 0.717) is 24.0 Å². The SMILES string of the molecule is C=C(OC(CCn1nc(C)c(Br)c1C)=NC)SCc1ccccc1-c1ccccc1. The predicted molar refractivity (Wildman–Crippen MR) is 131 cm³/mol. The number of aryl methyl sites for hydroxylation is 2. The molecule has 0 aliphatic heterocycles. The number of rotatable bonds is 8. The molecule has 0 atom stereocenters. The predicted octanol–water partition coefficient (Wildman–Crippen LogP) is 6.77. The van der Waals surface area contributed by atoms with E-state index in [1.165, 1.54) is 16.7 Å². The summed E-state index contributed by atoms with van der Waals surface area (Å²) in [4.78, 5) is 4.29. The van der Waals surface area contributed by atoms with Crippen LogP contribution in [0.3, 0.4) is 0 Å². The molecule has 4 nitrogen and oxygen atoms in total. The summed E-state index contributed by atoms with van der Waals surface area (Å²) in [6.07, 6.45) is 0.658. The molecule has 2 aromatic carbocycles. The highest BCUT2D eigenvalue weighted by molar-refractivity contribution is 9.10. The first-order chi connectivity index (χ1) is 14.5. The molecular formula is C24H26BrN3OS. The van der Waals surface area contributed by atoms with Gasteiger partial charge in [0, 0.05) is 31.5 Å². The minimum Gasteiger partial charge on any atom is -0.437 e. The van der Waals surface area contributed by atoms with Crippen LogP contribution in [0.15, 0.2) is 75.7 Å². The lowest BCUT2D eigenvalue weighted by Gasteiger charge is -2.13. The minimum absolute atomic E-state index is 0.646. The van der Waals surface area contributed by atoms with Crippen LogP contribution >= 0.6 is 27.7 Å². The van der Waals surface area contributed by atoms with Crippen LogP contribution in [0.4, 0.5) is 0 Å². The number of ether oxygens (including phenoxy) is 1. The summed E-state index contributed by atoms with van der Waals surface area (Å²) in [6.45, 7) is 8.83. The number of aromatic nitrogens is 2. The van der Waals surface area contributed by atoms with E-state index in [0.717, 1.165) is 21.6 Å². The lowest BCUT2D eigenvalue weighted by atomic mass is 10.0. The van der Waals surface area contributed by atoms with Gasteiger partial charge < -0.3 is 4.74 Å². The second-order valence-electron chi connectivity index (χ2n) is 6.86. The number of benzene rings is 2. The van der Waals surface area contributed by atoms with Crippen molar-refractivity contribution in [1.29, 1.82) is 0 Å². The van der Waals surface area contributed by atoms with Gasteiger partial charge in [-0.1, -0.05) is 66.4 Å². The van der Waals surface area contributed by atoms with E-state index in [4.69, 9.17) is 4.74 Å². The minimum atomic E-state index is 0.646. The highest BCUT2D eigenvalue weighted by Crippen LogP contribution is 2.29. The van der Waals surface area contributed by atoms with Crippen LogP contribution in [0, 0.1) is 13.8 Å². The highest BCUT2D eigenvalue weighted by Gasteiger charge is 2.11. The number of halogens is 1. The summed E-state index contributed by atoms with van der Waals surface area (Å²) in [5.74, 6) is 1.44. The van der Waals surface area contributed by atoms with Crippen molar-refractivity contribution in [1.82, 2.24) is 9.78 Å². The third kappa shape index (κ3) is 5.64. The molecule has 0 amide bonds. The first-order valence-electron chi connectivity index (χ1n) is 9.77. The molecule has 0 fully saturated rings. The Kier molecular flexibility index (Phi) is 7.94. The molecule has 1 heterocycles. The summed E-state index contributed by atoms with van der Waals surface area (Å²) >= 11 is 5.15. The molecule has 30 heavy (non-hydrogen) atoms. The largest absolute Gasteiger partial charge is 0.437 e. The molecule has 0 aliphatic carbocycles. The van der Waals surface area contributed by atoms with Crippen molar-refractivity contribution in [2.45, 2.75) is 32.6 Å². The molecule has 3 rings (SSSR count). The van der Waals surface area contributed by atoms with Gasteiger partial charge in [0.2, 0.25) is 0 Å². The number of hydrogen-bond acceptors (Lipinski definition) is 4. The van der Waals surface area contributed by atoms with E-state index in [2.05, 4.69) is 81.1 Å². The van der Waals surface area contributed by atoms with Crippen LogP contribution in [-0.4, -0.2) is 22.7 Å². The van der Waals surface area contributed by atoms with Gasteiger partial charge in [0.15, 0.2) is 11.0 Å². The van der Waals surface area contributed by atoms with Gasteiger partial charge in [0.1, 0.15) is 0 Å². The molecule has 0 saturated heterocycles. The Labute approximate surface area is 191 Å². The summed E-state index contributed by atoms with van der Waals surface area (Å²) in [5, 5.41) is 5.19. The standard InChI is InChI=1S/C24H26BrN3OS/c1-17-24(25)18(2)28(27-17)15-14-23(26-4)29-19(3)30-16-21-12-8-9-13-22(21)20-10-6-5-7-11-20/h5-13H,3,14-16H2,1-2,4H3. The van der Waals surface area contributed by atoms with Crippen LogP contribution in [0.25, 0.3) is 11.1 Å². The van der Waals surface area contributed by atoms with E-state index < -0.39 is 0 Å². The third-order valence-corrected chi connectivity index (χ3v) is 6.81. The topological polar surface area (TPSA) is 39.4 Å². The molecule has 1 aromatic heterocycles. The summed E-state index contributed by atoms with van der Waals surface area (Å²) in [7, 11) is 1.75. The third-order valence-electron chi connectivity index (χ3n) is 4.80. The Morgan fingerprint density at radius 1 is 1.13 bits per heavy atom. The summed E-state index contributed by atoms with van der Waals surface area (Å²) in [5.41, 5.74) is 5.79. The fraction of sp³-hybridized carbons (Fsp3) is 0.250. The number of nitrogens with zero attached hydrogens (tertiary/aromatic N) is 3. The van der Waals surface area contributed by atoms with Crippen molar-refractivity contribution in [2.75, 3.05) is 7.05 Å². The van der Waals surface area contributed by atoms with Gasteiger partial charge in [-0.25, -0.2) is 0 Å². The lowest BCUT2D eigenvalue weighted by molar-refractivity contribution is 0.431. The normalized spacial score (nSPS) is 11.5. The second-order valence-corrected chi connectivity index (χ2v) is 8.69. The Bertz CT molecular complexity index is 1040. The van der Waals surface area contributed by atoms with E-state index in [1.54, 1.807) is 18.8 Å². The highest BCUT2D eigenvalue weighted by atomic mass is 79.9. The van der Waals surface area contributed by atoms with Crippen molar-refractivity contribution >= 4 is 33.6 Å². The van der Waals surface area contributed by atoms with Crippen molar-refractivity contribution in [3.05, 3.63) is 87.7 Å². The van der Waals surface area contributed by atoms with E-state index in [-0.39, 0.29) is 0 Å². The monoisotopic (exact) mass is 483 g/mol. The molecule has 0 spiro atoms. The zero-order valence-corrected chi connectivity index (χ0v) is 20.0. The molecule has 0 radical (unpaired) electrons. The van der Waals surface area contributed by atoms with E-state index in [1.807, 2.05) is 24.6 Å². The van der Waals surface area contributed by atoms with Gasteiger partial charge >= 0.3 is 0 Å². The van der Waals surface area contributed by atoms with Crippen molar-refractivity contribution < 1.29 is 4.74 Å². The fourth-order valence-electron chi connectivity index (χ4n) is 3.17. The maximum Gasteiger partial charge on any atom is 0.192 e. The molecule has 0 unspecified atom stereocenters. The smallest absolute Gasteiger partial charge is 0.192 e. The maximum atomic E-state index is 5.93. The first kappa shape index (κ1) is 22.4. The summed E-state index contributed by atoms with van der Waals surface area (Å²) < 4.78 is 8.95. The Hall–Kier alpha value is -2.31. The lowest BCUT2D eigenvalue weighted by Crippen LogP contribution is -2.11. The van der Waals surface area contributed by atoms with Gasteiger partial charge in [0.25, 0.3) is 0 Å². The molecule has 0 saturated carbocycles. The first-order valence-corrected chi connectivity index (χ1v) is 11.6. The fourth-order valence-corrected chi connectivity index (χ4v) is 4.17. The number of hydrogen-bond donors (Lipinski definition) is 0. The van der Waals surface area contributed by atoms with Crippen LogP contribution in [-0.2, 0) is 17.0 Å². The van der Waals surface area contributed by atoms with Crippen molar-refractivity contribution in [3.8, 4) is 11.1 Å². The van der Waals surface area contributed by atoms with E-state index in [9.17, 15) is 0 Å². The molecule has 0 aliphatic rings. The van der Waals surface area contributed by atoms with Gasteiger partial charge in [-0.05, 0) is 53.0 Å². The average molecular weight is 484 g/mol. The summed E-state index contributed by atoms with van der Waals surface area (Å²) in [6, 6.07) is 18.9. The number of thioether (sulfide) groups is 1. The molecule has 3 aromatic rings. The molecule has 0 bridgehead atoms. The zero-order chi connectivity index (χ0) is 21.5. The molecule has 0 N–H and O–H groups in total. The van der Waals surface area contributed by atoms with Gasteiger partial charge in [0.05, 0.1) is 10.2 Å². The van der Waals surface area contributed by atoms with E-state index >= 15 is 0 Å². The van der Waals surface area contributed by atoms with Crippen molar-refractivity contribution in [2.24, 2.45) is 4.99 Å². The molecule has 6 heteroatoms. The Morgan fingerprint density at radius 3 is 2.50 bits per heavy atom.